The van der Waals surface area contributed by atoms with Crippen molar-refractivity contribution < 1.29 is 14.6 Å². The Labute approximate surface area is 114 Å². The number of aliphatic hydroxyl groups is 1. The topological polar surface area (TPSA) is 58.6 Å². The van der Waals surface area contributed by atoms with E-state index in [1.807, 2.05) is 12.1 Å². The number of aliphatic hydroxyl groups excluding tert-OH is 1. The fourth-order valence-corrected chi connectivity index (χ4v) is 1.80. The molecule has 0 radical (unpaired) electrons. The first-order valence-electron chi connectivity index (χ1n) is 6.73. The third-order valence-electron chi connectivity index (χ3n) is 2.94. The van der Waals surface area contributed by atoms with E-state index in [0.29, 0.717) is 13.0 Å². The maximum Gasteiger partial charge on any atom is 0.305 e. The molecule has 1 aromatic carbocycles. The number of rotatable bonds is 8. The minimum absolute atomic E-state index is 0.245. The minimum atomic E-state index is -0.547. The molecule has 106 valence electrons. The van der Waals surface area contributed by atoms with Crippen molar-refractivity contribution in [1.82, 2.24) is 0 Å². The van der Waals surface area contributed by atoms with Gasteiger partial charge in [0.25, 0.3) is 0 Å². The number of anilines is 1. The maximum absolute atomic E-state index is 10.9. The summed E-state index contributed by atoms with van der Waals surface area (Å²) in [6.45, 7) is 2.59. The summed E-state index contributed by atoms with van der Waals surface area (Å²) >= 11 is 0. The standard InChI is InChI=1S/C15H23NO3/c1-3-4-12-5-7-13(8-6-12)16-11-14(17)9-10-15(18)19-2/h5-8,14,16-17H,3-4,9-11H2,1-2H3. The van der Waals surface area contributed by atoms with E-state index < -0.39 is 6.10 Å². The second kappa shape index (κ2) is 8.53. The summed E-state index contributed by atoms with van der Waals surface area (Å²) in [4.78, 5) is 10.9. The summed E-state index contributed by atoms with van der Waals surface area (Å²) in [6.07, 6.45) is 2.33. The van der Waals surface area contributed by atoms with Gasteiger partial charge in [0, 0.05) is 18.7 Å². The van der Waals surface area contributed by atoms with Crippen molar-refractivity contribution >= 4 is 11.7 Å². The highest BCUT2D eigenvalue weighted by molar-refractivity contribution is 5.69. The van der Waals surface area contributed by atoms with Crippen molar-refractivity contribution in [3.63, 3.8) is 0 Å². The molecule has 2 N–H and O–H groups in total. The van der Waals surface area contributed by atoms with Crippen LogP contribution in [0.3, 0.4) is 0 Å². The van der Waals surface area contributed by atoms with Crippen molar-refractivity contribution in [1.29, 1.82) is 0 Å². The lowest BCUT2D eigenvalue weighted by Crippen LogP contribution is -2.20. The number of hydrogen-bond acceptors (Lipinski definition) is 4. The predicted octanol–water partition coefficient (Wildman–Crippen LogP) is 2.37. The molecule has 19 heavy (non-hydrogen) atoms. The summed E-state index contributed by atoms with van der Waals surface area (Å²) in [5.74, 6) is -0.289. The van der Waals surface area contributed by atoms with Crippen LogP contribution in [-0.4, -0.2) is 30.8 Å². The highest BCUT2D eigenvalue weighted by Crippen LogP contribution is 2.11. The zero-order valence-corrected chi connectivity index (χ0v) is 11.7. The number of nitrogens with one attached hydrogen (secondary N) is 1. The van der Waals surface area contributed by atoms with Gasteiger partial charge in [0.05, 0.1) is 13.2 Å². The molecule has 0 saturated carbocycles. The first-order valence-corrected chi connectivity index (χ1v) is 6.73. The number of benzene rings is 1. The molecule has 1 aromatic rings. The van der Waals surface area contributed by atoms with E-state index in [0.717, 1.165) is 18.5 Å². The zero-order valence-electron chi connectivity index (χ0n) is 11.7. The van der Waals surface area contributed by atoms with Gasteiger partial charge in [0.15, 0.2) is 0 Å². The van der Waals surface area contributed by atoms with Crippen LogP contribution in [0.2, 0.25) is 0 Å². The van der Waals surface area contributed by atoms with Crippen LogP contribution in [0, 0.1) is 0 Å². The van der Waals surface area contributed by atoms with Gasteiger partial charge in [-0.05, 0) is 30.5 Å². The third kappa shape index (κ3) is 6.25. The Hall–Kier alpha value is -1.55. The Morgan fingerprint density at radius 2 is 2.05 bits per heavy atom. The average molecular weight is 265 g/mol. The summed E-state index contributed by atoms with van der Waals surface area (Å²) in [5, 5.41) is 12.9. The van der Waals surface area contributed by atoms with Crippen LogP contribution in [-0.2, 0) is 16.0 Å². The van der Waals surface area contributed by atoms with Crippen molar-refractivity contribution in [2.75, 3.05) is 19.0 Å². The van der Waals surface area contributed by atoms with Crippen molar-refractivity contribution in [3.8, 4) is 0 Å². The molecule has 0 heterocycles. The average Bonchev–Trinajstić information content (AvgIpc) is 2.44. The van der Waals surface area contributed by atoms with Crippen LogP contribution < -0.4 is 5.32 Å². The van der Waals surface area contributed by atoms with Crippen LogP contribution in [0.4, 0.5) is 5.69 Å². The molecular weight excluding hydrogens is 242 g/mol. The monoisotopic (exact) mass is 265 g/mol. The summed E-state index contributed by atoms with van der Waals surface area (Å²) < 4.78 is 4.53. The van der Waals surface area contributed by atoms with E-state index in [4.69, 9.17) is 0 Å². The molecule has 0 amide bonds. The summed E-state index contributed by atoms with van der Waals surface area (Å²) in [5.41, 5.74) is 2.30. The van der Waals surface area contributed by atoms with Gasteiger partial charge in [0.1, 0.15) is 0 Å². The first-order chi connectivity index (χ1) is 9.15. The number of hydrogen-bond donors (Lipinski definition) is 2. The molecule has 0 aliphatic carbocycles. The number of esters is 1. The second-order valence-electron chi connectivity index (χ2n) is 4.60. The fourth-order valence-electron chi connectivity index (χ4n) is 1.80. The summed E-state index contributed by atoms with van der Waals surface area (Å²) in [7, 11) is 1.35. The molecule has 4 heteroatoms. The van der Waals surface area contributed by atoms with Crippen LogP contribution in [0.15, 0.2) is 24.3 Å². The van der Waals surface area contributed by atoms with E-state index in [2.05, 4.69) is 29.1 Å². The van der Waals surface area contributed by atoms with Crippen molar-refractivity contribution in [2.45, 2.75) is 38.7 Å². The van der Waals surface area contributed by atoms with Crippen molar-refractivity contribution in [2.24, 2.45) is 0 Å². The number of ether oxygens (including phenoxy) is 1. The first kappa shape index (κ1) is 15.5. The van der Waals surface area contributed by atoms with Gasteiger partial charge in [-0.15, -0.1) is 0 Å². The molecule has 1 unspecified atom stereocenters. The van der Waals surface area contributed by atoms with E-state index in [1.54, 1.807) is 0 Å². The molecule has 0 spiro atoms. The van der Waals surface area contributed by atoms with Crippen LogP contribution in [0.25, 0.3) is 0 Å². The highest BCUT2D eigenvalue weighted by atomic mass is 16.5. The van der Waals surface area contributed by atoms with Crippen LogP contribution in [0.5, 0.6) is 0 Å². The highest BCUT2D eigenvalue weighted by Gasteiger charge is 2.08. The van der Waals surface area contributed by atoms with Crippen LogP contribution in [0.1, 0.15) is 31.7 Å². The normalized spacial score (nSPS) is 11.9. The second-order valence-corrected chi connectivity index (χ2v) is 4.60. The number of aryl methyl sites for hydroxylation is 1. The molecule has 4 nitrogen and oxygen atoms in total. The van der Waals surface area contributed by atoms with Gasteiger partial charge >= 0.3 is 5.97 Å². The summed E-state index contributed by atoms with van der Waals surface area (Å²) in [6, 6.07) is 8.20. The largest absolute Gasteiger partial charge is 0.469 e. The molecule has 0 bridgehead atoms. The SMILES string of the molecule is CCCc1ccc(NCC(O)CCC(=O)OC)cc1. The van der Waals surface area contributed by atoms with E-state index in [-0.39, 0.29) is 12.4 Å². The minimum Gasteiger partial charge on any atom is -0.469 e. The number of carbonyl (C=O) groups excluding carboxylic acids is 1. The Bertz CT molecular complexity index is 375. The van der Waals surface area contributed by atoms with Crippen molar-refractivity contribution in [3.05, 3.63) is 29.8 Å². The molecule has 0 aliphatic rings. The lowest BCUT2D eigenvalue weighted by molar-refractivity contribution is -0.141. The Morgan fingerprint density at radius 1 is 1.37 bits per heavy atom. The molecule has 0 aliphatic heterocycles. The van der Waals surface area contributed by atoms with Gasteiger partial charge in [-0.1, -0.05) is 25.5 Å². The van der Waals surface area contributed by atoms with E-state index in [1.165, 1.54) is 12.7 Å². The van der Waals surface area contributed by atoms with Crippen LogP contribution >= 0.6 is 0 Å². The smallest absolute Gasteiger partial charge is 0.305 e. The van der Waals surface area contributed by atoms with E-state index >= 15 is 0 Å². The lowest BCUT2D eigenvalue weighted by Gasteiger charge is -2.12. The molecule has 0 saturated heterocycles. The van der Waals surface area contributed by atoms with E-state index in [9.17, 15) is 9.90 Å². The Morgan fingerprint density at radius 3 is 2.63 bits per heavy atom. The third-order valence-corrected chi connectivity index (χ3v) is 2.94. The fraction of sp³-hybridized carbons (Fsp3) is 0.533. The molecule has 1 rings (SSSR count). The Kier molecular flexibility index (Phi) is 6.97. The van der Waals surface area contributed by atoms with Gasteiger partial charge < -0.3 is 15.2 Å². The lowest BCUT2D eigenvalue weighted by atomic mass is 10.1. The molecule has 0 fully saturated rings. The zero-order chi connectivity index (χ0) is 14.1. The number of carbonyl (C=O) groups is 1. The predicted molar refractivity (Wildman–Crippen MR) is 76.2 cm³/mol. The maximum atomic E-state index is 10.9. The Balaban J connectivity index is 2.29. The van der Waals surface area contributed by atoms with Gasteiger partial charge in [-0.2, -0.15) is 0 Å². The number of methoxy groups -OCH3 is 1. The quantitative estimate of drug-likeness (QED) is 0.708. The van der Waals surface area contributed by atoms with Gasteiger partial charge in [-0.25, -0.2) is 0 Å². The van der Waals surface area contributed by atoms with Gasteiger partial charge in [-0.3, -0.25) is 4.79 Å². The molecular formula is C15H23NO3. The molecule has 0 aromatic heterocycles. The molecule has 1 atom stereocenters. The van der Waals surface area contributed by atoms with Gasteiger partial charge in [0.2, 0.25) is 0 Å².